The fourth-order valence-electron chi connectivity index (χ4n) is 3.11. The molecule has 22 heavy (non-hydrogen) atoms. The molecule has 0 radical (unpaired) electrons. The Bertz CT molecular complexity index is 568. The smallest absolute Gasteiger partial charge is 0.312 e. The van der Waals surface area contributed by atoms with Gasteiger partial charge in [0, 0.05) is 12.2 Å². The van der Waals surface area contributed by atoms with Crippen LogP contribution in [0.2, 0.25) is 0 Å². The number of carbonyl (C=O) groups excluding carboxylic acids is 1. The topological polar surface area (TPSA) is 102 Å². The van der Waals surface area contributed by atoms with E-state index in [2.05, 4.69) is 16.3 Å². The molecule has 6 nitrogen and oxygen atoms in total. The molecule has 1 aromatic carbocycles. The summed E-state index contributed by atoms with van der Waals surface area (Å²) in [6, 6.07) is 8.40. The van der Waals surface area contributed by atoms with Crippen molar-refractivity contribution in [2.24, 2.45) is 5.73 Å². The van der Waals surface area contributed by atoms with E-state index in [0.29, 0.717) is 5.56 Å². The minimum Gasteiger partial charge on any atom is -0.391 e. The molecule has 0 bridgehead atoms. The van der Waals surface area contributed by atoms with Gasteiger partial charge in [0.05, 0.1) is 29.8 Å². The number of nitrogens with one attached hydrogen (secondary N) is 1. The van der Waals surface area contributed by atoms with E-state index in [1.807, 2.05) is 18.2 Å². The number of urea groups is 1. The molecule has 0 saturated carbocycles. The number of aliphatic hydroxyl groups excluding tert-OH is 1. The highest BCUT2D eigenvalue weighted by atomic mass is 16.3. The SMILES string of the molecule is C[C@@H](O)C(NC(N)=O)C1CCCCN1c1cccc(C#N)c1. The summed E-state index contributed by atoms with van der Waals surface area (Å²) in [4.78, 5) is 13.4. The van der Waals surface area contributed by atoms with Gasteiger partial charge in [-0.1, -0.05) is 6.07 Å². The second-order valence-electron chi connectivity index (χ2n) is 5.69. The summed E-state index contributed by atoms with van der Waals surface area (Å²) in [6.07, 6.45) is 2.21. The molecule has 3 atom stereocenters. The highest BCUT2D eigenvalue weighted by molar-refractivity contribution is 5.72. The van der Waals surface area contributed by atoms with Crippen LogP contribution in [0.5, 0.6) is 0 Å². The predicted octanol–water partition coefficient (Wildman–Crippen LogP) is 1.33. The van der Waals surface area contributed by atoms with Gasteiger partial charge in [-0.15, -0.1) is 0 Å². The Morgan fingerprint density at radius 3 is 2.95 bits per heavy atom. The first-order chi connectivity index (χ1) is 10.5. The molecule has 1 saturated heterocycles. The second-order valence-corrected chi connectivity index (χ2v) is 5.69. The third-order valence-corrected chi connectivity index (χ3v) is 4.10. The van der Waals surface area contributed by atoms with Crippen LogP contribution in [0.15, 0.2) is 24.3 Å². The summed E-state index contributed by atoms with van der Waals surface area (Å²) in [5.74, 6) is 0. The van der Waals surface area contributed by atoms with Crippen LogP contribution in [0.3, 0.4) is 0 Å². The van der Waals surface area contributed by atoms with Gasteiger partial charge in [-0.2, -0.15) is 5.26 Å². The van der Waals surface area contributed by atoms with E-state index in [9.17, 15) is 9.90 Å². The van der Waals surface area contributed by atoms with Crippen LogP contribution in [0.1, 0.15) is 31.7 Å². The fourth-order valence-corrected chi connectivity index (χ4v) is 3.11. The van der Waals surface area contributed by atoms with E-state index in [1.54, 1.807) is 13.0 Å². The van der Waals surface area contributed by atoms with Crippen molar-refractivity contribution < 1.29 is 9.90 Å². The third-order valence-electron chi connectivity index (χ3n) is 4.10. The first-order valence-electron chi connectivity index (χ1n) is 7.53. The Labute approximate surface area is 130 Å². The van der Waals surface area contributed by atoms with E-state index in [0.717, 1.165) is 31.5 Å². The van der Waals surface area contributed by atoms with Crippen LogP contribution in [-0.4, -0.2) is 35.9 Å². The number of primary amides is 1. The van der Waals surface area contributed by atoms with Crippen molar-refractivity contribution in [1.82, 2.24) is 5.32 Å². The molecule has 1 fully saturated rings. The molecular weight excluding hydrogens is 280 g/mol. The number of benzene rings is 1. The maximum Gasteiger partial charge on any atom is 0.312 e. The zero-order chi connectivity index (χ0) is 16.1. The third kappa shape index (κ3) is 3.68. The average Bonchev–Trinajstić information content (AvgIpc) is 2.52. The largest absolute Gasteiger partial charge is 0.391 e. The molecule has 1 aromatic rings. The number of aliphatic hydroxyl groups is 1. The molecular formula is C16H22N4O2. The van der Waals surface area contributed by atoms with Crippen LogP contribution < -0.4 is 16.0 Å². The lowest BCUT2D eigenvalue weighted by molar-refractivity contribution is 0.126. The lowest BCUT2D eigenvalue weighted by atomic mass is 9.92. The zero-order valence-electron chi connectivity index (χ0n) is 12.7. The van der Waals surface area contributed by atoms with Crippen molar-refractivity contribution in [3.05, 3.63) is 29.8 Å². The first-order valence-corrected chi connectivity index (χ1v) is 7.53. The normalized spacial score (nSPS) is 20.8. The molecule has 2 rings (SSSR count). The van der Waals surface area contributed by atoms with Crippen molar-refractivity contribution in [3.63, 3.8) is 0 Å². The summed E-state index contributed by atoms with van der Waals surface area (Å²) in [6.45, 7) is 2.47. The molecule has 4 N–H and O–H groups in total. The maximum atomic E-state index is 11.2. The quantitative estimate of drug-likeness (QED) is 0.781. The van der Waals surface area contributed by atoms with Crippen LogP contribution in [0.25, 0.3) is 0 Å². The number of nitrogens with zero attached hydrogens (tertiary/aromatic N) is 2. The van der Waals surface area contributed by atoms with Crippen LogP contribution in [0, 0.1) is 11.3 Å². The first kappa shape index (κ1) is 16.1. The van der Waals surface area contributed by atoms with Crippen molar-refractivity contribution >= 4 is 11.7 Å². The zero-order valence-corrected chi connectivity index (χ0v) is 12.7. The van der Waals surface area contributed by atoms with Crippen molar-refractivity contribution in [2.75, 3.05) is 11.4 Å². The minimum atomic E-state index is -0.711. The summed E-state index contributed by atoms with van der Waals surface area (Å²) in [5, 5.41) is 21.7. The van der Waals surface area contributed by atoms with Gasteiger partial charge in [0.15, 0.2) is 0 Å². The van der Waals surface area contributed by atoms with E-state index in [4.69, 9.17) is 11.0 Å². The molecule has 118 valence electrons. The molecule has 2 amide bonds. The molecule has 1 aliphatic rings. The number of anilines is 1. The highest BCUT2D eigenvalue weighted by Crippen LogP contribution is 2.28. The number of hydrogen-bond donors (Lipinski definition) is 3. The Hall–Kier alpha value is -2.26. The lowest BCUT2D eigenvalue weighted by Gasteiger charge is -2.43. The van der Waals surface area contributed by atoms with Crippen LogP contribution >= 0.6 is 0 Å². The van der Waals surface area contributed by atoms with Crippen molar-refractivity contribution in [3.8, 4) is 6.07 Å². The molecule has 0 aliphatic carbocycles. The number of carbonyl (C=O) groups is 1. The minimum absolute atomic E-state index is 0.0461. The van der Waals surface area contributed by atoms with Gasteiger partial charge in [-0.3, -0.25) is 0 Å². The van der Waals surface area contributed by atoms with E-state index in [-0.39, 0.29) is 6.04 Å². The molecule has 6 heteroatoms. The van der Waals surface area contributed by atoms with Crippen LogP contribution in [-0.2, 0) is 0 Å². The van der Waals surface area contributed by atoms with Gasteiger partial charge < -0.3 is 21.1 Å². The summed E-state index contributed by atoms with van der Waals surface area (Å²) >= 11 is 0. The number of hydrogen-bond acceptors (Lipinski definition) is 4. The molecule has 2 unspecified atom stereocenters. The van der Waals surface area contributed by atoms with Crippen molar-refractivity contribution in [2.45, 2.75) is 44.4 Å². The van der Waals surface area contributed by atoms with E-state index >= 15 is 0 Å². The molecule has 1 heterocycles. The van der Waals surface area contributed by atoms with Crippen molar-refractivity contribution in [1.29, 1.82) is 5.26 Å². The van der Waals surface area contributed by atoms with Gasteiger partial charge in [-0.05, 0) is 44.4 Å². The lowest BCUT2D eigenvalue weighted by Crippen LogP contribution is -2.59. The van der Waals surface area contributed by atoms with E-state index < -0.39 is 18.2 Å². The maximum absolute atomic E-state index is 11.2. The van der Waals surface area contributed by atoms with Gasteiger partial charge in [0.25, 0.3) is 0 Å². The van der Waals surface area contributed by atoms with E-state index in [1.165, 1.54) is 0 Å². The number of amides is 2. The number of piperidine rings is 1. The predicted molar refractivity (Wildman–Crippen MR) is 84.3 cm³/mol. The fraction of sp³-hybridized carbons (Fsp3) is 0.500. The Morgan fingerprint density at radius 1 is 1.55 bits per heavy atom. The standard InChI is InChI=1S/C16H22N4O2/c1-11(21)15(19-16(18)22)14-7-2-3-8-20(14)13-6-4-5-12(9-13)10-17/h4-6,9,11,14-15,21H,2-3,7-8H2,1H3,(H3,18,19,22)/t11-,14?,15?/m1/s1. The summed E-state index contributed by atoms with van der Waals surface area (Å²) in [5.41, 5.74) is 6.77. The monoisotopic (exact) mass is 302 g/mol. The highest BCUT2D eigenvalue weighted by Gasteiger charge is 2.33. The number of nitriles is 1. The number of nitrogens with two attached hydrogens (primary N) is 1. The van der Waals surface area contributed by atoms with Gasteiger partial charge >= 0.3 is 6.03 Å². The summed E-state index contributed by atoms with van der Waals surface area (Å²) < 4.78 is 0. The van der Waals surface area contributed by atoms with Gasteiger partial charge in [-0.25, -0.2) is 4.79 Å². The second kappa shape index (κ2) is 7.14. The molecule has 0 spiro atoms. The Kier molecular flexibility index (Phi) is 5.23. The van der Waals surface area contributed by atoms with Crippen LogP contribution in [0.4, 0.5) is 10.5 Å². The Morgan fingerprint density at radius 2 is 2.32 bits per heavy atom. The van der Waals surface area contributed by atoms with Gasteiger partial charge in [0.1, 0.15) is 0 Å². The Balaban J connectivity index is 2.30. The molecule has 0 aromatic heterocycles. The summed E-state index contributed by atoms with van der Waals surface area (Å²) in [7, 11) is 0. The number of rotatable bonds is 4. The average molecular weight is 302 g/mol. The molecule has 1 aliphatic heterocycles. The van der Waals surface area contributed by atoms with Gasteiger partial charge in [0.2, 0.25) is 0 Å².